The van der Waals surface area contributed by atoms with Crippen LogP contribution in [0.3, 0.4) is 0 Å². The number of aromatic nitrogens is 1. The van der Waals surface area contributed by atoms with Crippen molar-refractivity contribution in [2.75, 3.05) is 7.11 Å². The number of carbonyl (C=O) groups excluding carboxylic acids is 1. The first-order valence-corrected chi connectivity index (χ1v) is 15.3. The summed E-state index contributed by atoms with van der Waals surface area (Å²) in [6.07, 6.45) is -2.75. The largest absolute Gasteiger partial charge is 0.587 e. The van der Waals surface area contributed by atoms with Gasteiger partial charge in [0.25, 0.3) is 6.43 Å². The lowest BCUT2D eigenvalue weighted by Crippen LogP contribution is -2.14. The van der Waals surface area contributed by atoms with Crippen LogP contribution in [-0.2, 0) is 16.1 Å². The fourth-order valence-electron chi connectivity index (χ4n) is 5.59. The highest BCUT2D eigenvalue weighted by Crippen LogP contribution is 2.46. The summed E-state index contributed by atoms with van der Waals surface area (Å²) in [7, 11) is 1.18. The topological polar surface area (TPSA) is 102 Å². The van der Waals surface area contributed by atoms with E-state index >= 15 is 4.39 Å². The number of ether oxygens (including phenoxy) is 1. The van der Waals surface area contributed by atoms with Crippen LogP contribution < -0.4 is 0 Å². The van der Waals surface area contributed by atoms with E-state index in [1.165, 1.54) is 71.7 Å². The second-order valence-electron chi connectivity index (χ2n) is 10.5. The third-order valence-corrected chi connectivity index (χ3v) is 9.17. The molecule has 0 bridgehead atoms. The molecule has 5 aromatic carbocycles. The van der Waals surface area contributed by atoms with Crippen molar-refractivity contribution < 1.29 is 31.6 Å². The number of alkyl halides is 2. The van der Waals surface area contributed by atoms with E-state index in [4.69, 9.17) is 0 Å². The van der Waals surface area contributed by atoms with E-state index in [1.54, 1.807) is 24.3 Å². The molecule has 1 unspecified atom stereocenters. The van der Waals surface area contributed by atoms with Crippen LogP contribution >= 0.6 is 0 Å². The highest BCUT2D eigenvalue weighted by atomic mass is 32.2. The molecule has 0 amide bonds. The molecule has 0 radical (unpaired) electrons. The fourth-order valence-corrected chi connectivity index (χ4v) is 6.87. The number of benzene rings is 5. The summed E-state index contributed by atoms with van der Waals surface area (Å²) in [6, 6.07) is 27.7. The molecule has 11 heteroatoms. The summed E-state index contributed by atoms with van der Waals surface area (Å²) in [5, 5.41) is 20.5. The summed E-state index contributed by atoms with van der Waals surface area (Å²) in [4.78, 5) is 12.1. The number of fused-ring (bicyclic) bond motifs is 1. The van der Waals surface area contributed by atoms with Crippen LogP contribution in [0.15, 0.2) is 108 Å². The summed E-state index contributed by atoms with van der Waals surface area (Å²) in [5.41, 5.74) is 1.57. The van der Waals surface area contributed by atoms with Gasteiger partial charge in [0.15, 0.2) is 4.90 Å². The van der Waals surface area contributed by atoms with E-state index in [9.17, 15) is 33.0 Å². The number of esters is 1. The van der Waals surface area contributed by atoms with Crippen LogP contribution in [0.1, 0.15) is 33.5 Å². The van der Waals surface area contributed by atoms with Crippen molar-refractivity contribution in [2.24, 2.45) is 0 Å². The van der Waals surface area contributed by atoms with Gasteiger partial charge in [0, 0.05) is 33.2 Å². The third-order valence-electron chi connectivity index (χ3n) is 7.78. The Morgan fingerprint density at radius 1 is 0.833 bits per heavy atom. The van der Waals surface area contributed by atoms with Gasteiger partial charge in [-0.05, 0) is 78.4 Å². The maximum atomic E-state index is 15.4. The molecule has 0 N–H and O–H groups in total. The normalized spacial score (nSPS) is 11.7. The fraction of sp³-hybridized carbons (Fsp3) is 0.0541. The van der Waals surface area contributed by atoms with Gasteiger partial charge in [0.1, 0.15) is 28.7 Å². The molecular weight excluding hydrogens is 642 g/mol. The molecule has 0 aliphatic heterocycles. The predicted octanol–water partition coefficient (Wildman–Crippen LogP) is 8.96. The second-order valence-corrected chi connectivity index (χ2v) is 11.9. The van der Waals surface area contributed by atoms with Gasteiger partial charge in [0.05, 0.1) is 41.5 Å². The number of hydrogen-bond acceptors (Lipinski definition) is 5. The zero-order valence-corrected chi connectivity index (χ0v) is 25.7. The Kier molecular flexibility index (Phi) is 8.74. The van der Waals surface area contributed by atoms with Gasteiger partial charge in [0.2, 0.25) is 0 Å². The highest BCUT2D eigenvalue weighted by molar-refractivity contribution is 7.90. The molecule has 1 aromatic heterocycles. The SMILES string of the molecule is COC(=O)c1ccc(-c2cccc(-c3c(-c4c(C#N)cccc4C#N)c4cc(F)ccc4n3[S+]([O-])c3ccc(C(F)F)cc3)c2)c(F)c1. The van der Waals surface area contributed by atoms with Gasteiger partial charge >= 0.3 is 5.97 Å². The van der Waals surface area contributed by atoms with Crippen molar-refractivity contribution in [3.8, 4) is 45.6 Å². The molecular formula is C37H21F4N3O3S. The molecule has 6 nitrogen and oxygen atoms in total. The van der Waals surface area contributed by atoms with E-state index in [2.05, 4.69) is 16.9 Å². The Hall–Kier alpha value is -5.88. The van der Waals surface area contributed by atoms with Gasteiger partial charge in [-0.1, -0.05) is 30.3 Å². The lowest BCUT2D eigenvalue weighted by Gasteiger charge is -2.17. The molecule has 6 rings (SSSR count). The lowest BCUT2D eigenvalue weighted by molar-refractivity contribution is 0.0600. The monoisotopic (exact) mass is 663 g/mol. The van der Waals surface area contributed by atoms with E-state index in [1.807, 2.05) is 0 Å². The van der Waals surface area contributed by atoms with E-state index in [0.717, 1.165) is 18.2 Å². The zero-order chi connectivity index (χ0) is 34.1. The van der Waals surface area contributed by atoms with Crippen LogP contribution in [-0.4, -0.2) is 21.6 Å². The Bertz CT molecular complexity index is 2280. The Labute approximate surface area is 275 Å². The number of carbonyl (C=O) groups is 1. The smallest absolute Gasteiger partial charge is 0.337 e. The molecule has 0 saturated heterocycles. The number of nitriles is 2. The van der Waals surface area contributed by atoms with Gasteiger partial charge in [-0.15, -0.1) is 0 Å². The van der Waals surface area contributed by atoms with Crippen LogP contribution in [0.5, 0.6) is 0 Å². The van der Waals surface area contributed by atoms with Gasteiger partial charge in [-0.3, -0.25) is 0 Å². The summed E-state index contributed by atoms with van der Waals surface area (Å²) < 4.78 is 77.6. The Morgan fingerprint density at radius 3 is 2.12 bits per heavy atom. The lowest BCUT2D eigenvalue weighted by atomic mass is 9.90. The van der Waals surface area contributed by atoms with E-state index < -0.39 is 35.4 Å². The predicted molar refractivity (Wildman–Crippen MR) is 172 cm³/mol. The van der Waals surface area contributed by atoms with Crippen LogP contribution in [0, 0.1) is 34.3 Å². The Morgan fingerprint density at radius 2 is 1.50 bits per heavy atom. The molecule has 6 aromatic rings. The molecule has 236 valence electrons. The molecule has 1 heterocycles. The summed E-state index contributed by atoms with van der Waals surface area (Å²) in [6.45, 7) is 0. The van der Waals surface area contributed by atoms with Crippen LogP contribution in [0.2, 0.25) is 0 Å². The average Bonchev–Trinajstić information content (AvgIpc) is 3.44. The van der Waals surface area contributed by atoms with Crippen molar-refractivity contribution in [1.82, 2.24) is 3.97 Å². The zero-order valence-electron chi connectivity index (χ0n) is 24.9. The first kappa shape index (κ1) is 32.1. The third kappa shape index (κ3) is 5.66. The molecule has 0 aliphatic carbocycles. The number of halogens is 4. The Balaban J connectivity index is 1.70. The molecule has 0 fully saturated rings. The first-order chi connectivity index (χ1) is 23.2. The van der Waals surface area contributed by atoms with Crippen molar-refractivity contribution in [3.63, 3.8) is 0 Å². The average molecular weight is 664 g/mol. The molecule has 0 saturated carbocycles. The molecule has 0 spiro atoms. The minimum atomic E-state index is -2.75. The van der Waals surface area contributed by atoms with E-state index in [0.29, 0.717) is 11.1 Å². The number of methoxy groups -OCH3 is 1. The van der Waals surface area contributed by atoms with Crippen LogP contribution in [0.25, 0.3) is 44.4 Å². The highest BCUT2D eigenvalue weighted by Gasteiger charge is 2.31. The van der Waals surface area contributed by atoms with Crippen molar-refractivity contribution >= 4 is 28.2 Å². The minimum absolute atomic E-state index is 0.00439. The number of nitrogens with zero attached hydrogens (tertiary/aromatic N) is 3. The van der Waals surface area contributed by atoms with E-state index in [-0.39, 0.29) is 60.4 Å². The standard InChI is InChI=1S/C37H21F4N3O3S/c1-47-37(45)24-10-14-29(31(39)17-24)22-4-2-5-23(16-22)35-34(33-25(19-42)6-3-7-26(33)20-43)30-18-27(38)11-15-32(30)44(35)48(46)28-12-8-21(9-13-28)36(40)41/h2-18,36H,1H3. The number of hydrogen-bond donors (Lipinski definition) is 0. The van der Waals surface area contributed by atoms with Crippen molar-refractivity contribution in [3.05, 3.63) is 137 Å². The van der Waals surface area contributed by atoms with Crippen molar-refractivity contribution in [2.45, 2.75) is 11.3 Å². The maximum absolute atomic E-state index is 15.4. The van der Waals surface area contributed by atoms with Crippen LogP contribution in [0.4, 0.5) is 17.6 Å². The maximum Gasteiger partial charge on any atom is 0.337 e. The van der Waals surface area contributed by atoms with Crippen molar-refractivity contribution in [1.29, 1.82) is 10.5 Å². The molecule has 48 heavy (non-hydrogen) atoms. The second kappa shape index (κ2) is 13.1. The first-order valence-electron chi connectivity index (χ1n) is 14.2. The van der Waals surface area contributed by atoms with Gasteiger partial charge < -0.3 is 9.29 Å². The van der Waals surface area contributed by atoms with Gasteiger partial charge in [-0.25, -0.2) is 22.4 Å². The van der Waals surface area contributed by atoms with Gasteiger partial charge in [-0.2, -0.15) is 14.5 Å². The number of rotatable bonds is 7. The molecule has 0 aliphatic rings. The quantitative estimate of drug-likeness (QED) is 0.0964. The summed E-state index contributed by atoms with van der Waals surface area (Å²) >= 11 is -2.14. The molecule has 1 atom stereocenters. The summed E-state index contributed by atoms with van der Waals surface area (Å²) in [5.74, 6) is -2.08. The minimum Gasteiger partial charge on any atom is -0.587 e.